The number of benzene rings is 1. The Morgan fingerprint density at radius 2 is 1.87 bits per heavy atom. The highest BCUT2D eigenvalue weighted by Crippen LogP contribution is 2.30. The second-order valence-electron chi connectivity index (χ2n) is 7.11. The van der Waals surface area contributed by atoms with Crippen molar-refractivity contribution >= 4 is 23.4 Å². The maximum atomic E-state index is 12.5. The second-order valence-corrected chi connectivity index (χ2v) is 8.05. The first-order valence-corrected chi connectivity index (χ1v) is 10.9. The predicted molar refractivity (Wildman–Crippen MR) is 119 cm³/mol. The molecule has 0 aliphatic heterocycles. The molecule has 9 heteroatoms. The van der Waals surface area contributed by atoms with Crippen LogP contribution in [0.25, 0.3) is 11.4 Å². The van der Waals surface area contributed by atoms with Crippen LogP contribution in [0.4, 0.5) is 5.69 Å². The third kappa shape index (κ3) is 4.67. The first-order chi connectivity index (χ1) is 14.3. The number of aryl methyl sites for hydroxylation is 4. The lowest BCUT2D eigenvalue weighted by Crippen LogP contribution is -2.16. The summed E-state index contributed by atoms with van der Waals surface area (Å²) in [6.45, 7) is 11.2. The fourth-order valence-corrected chi connectivity index (χ4v) is 4.03. The van der Waals surface area contributed by atoms with E-state index in [0.717, 1.165) is 28.9 Å². The predicted octanol–water partition coefficient (Wildman–Crippen LogP) is 3.75. The van der Waals surface area contributed by atoms with Crippen LogP contribution in [0.15, 0.2) is 23.5 Å². The van der Waals surface area contributed by atoms with Gasteiger partial charge in [0.1, 0.15) is 5.56 Å². The summed E-state index contributed by atoms with van der Waals surface area (Å²) >= 11 is 1.35. The van der Waals surface area contributed by atoms with Gasteiger partial charge in [-0.2, -0.15) is 0 Å². The summed E-state index contributed by atoms with van der Waals surface area (Å²) < 4.78 is 9.32. The first kappa shape index (κ1) is 21.9. The molecule has 0 fully saturated rings. The average molecular weight is 429 g/mol. The van der Waals surface area contributed by atoms with Crippen molar-refractivity contribution in [3.8, 4) is 17.3 Å². The number of thioether (sulfide) groups is 1. The number of hydrogen-bond donors (Lipinski definition) is 1. The van der Waals surface area contributed by atoms with Gasteiger partial charge in [0.15, 0.2) is 11.0 Å². The summed E-state index contributed by atoms with van der Waals surface area (Å²) in [7, 11) is 1.88. The Kier molecular flexibility index (Phi) is 6.81. The van der Waals surface area contributed by atoms with E-state index in [1.54, 1.807) is 0 Å². The van der Waals surface area contributed by atoms with E-state index in [-0.39, 0.29) is 11.7 Å². The van der Waals surface area contributed by atoms with Gasteiger partial charge in [0.25, 0.3) is 0 Å². The second kappa shape index (κ2) is 9.34. The lowest BCUT2D eigenvalue weighted by atomic mass is 10.1. The number of aromatic nitrogens is 5. The summed E-state index contributed by atoms with van der Waals surface area (Å²) in [5.74, 6) is 1.36. The van der Waals surface area contributed by atoms with E-state index < -0.39 is 0 Å². The van der Waals surface area contributed by atoms with Gasteiger partial charge in [0.05, 0.1) is 12.4 Å². The Hall–Kier alpha value is -2.81. The topological polar surface area (TPSA) is 86.9 Å². The largest absolute Gasteiger partial charge is 0.476 e. The van der Waals surface area contributed by atoms with Crippen LogP contribution < -0.4 is 10.1 Å². The standard InChI is InChI=1S/C21H28N6O2S/c1-7-27-11-16(20(25-27)29-8-2)19-23-24-21(26(19)6)30-12-17(28)22-18-14(4)9-13(3)10-15(18)5/h9-11H,7-8,12H2,1-6H3,(H,22,28). The molecule has 30 heavy (non-hydrogen) atoms. The molecule has 1 N–H and O–H groups in total. The molecule has 1 amide bonds. The Balaban J connectivity index is 1.72. The van der Waals surface area contributed by atoms with E-state index >= 15 is 0 Å². The van der Waals surface area contributed by atoms with Gasteiger partial charge in [-0.15, -0.1) is 15.3 Å². The summed E-state index contributed by atoms with van der Waals surface area (Å²) in [6.07, 6.45) is 1.90. The van der Waals surface area contributed by atoms with Gasteiger partial charge in [-0.1, -0.05) is 29.5 Å². The van der Waals surface area contributed by atoms with Crippen LogP contribution in [0.3, 0.4) is 0 Å². The van der Waals surface area contributed by atoms with Gasteiger partial charge in [0.2, 0.25) is 11.8 Å². The summed E-state index contributed by atoms with van der Waals surface area (Å²) in [5, 5.41) is 16.7. The Morgan fingerprint density at radius 1 is 1.17 bits per heavy atom. The number of hydrogen-bond acceptors (Lipinski definition) is 6. The minimum atomic E-state index is -0.0755. The molecule has 0 radical (unpaired) electrons. The van der Waals surface area contributed by atoms with E-state index in [2.05, 4.69) is 32.7 Å². The molecule has 0 unspecified atom stereocenters. The van der Waals surface area contributed by atoms with Gasteiger partial charge in [-0.25, -0.2) is 0 Å². The minimum absolute atomic E-state index is 0.0755. The fourth-order valence-electron chi connectivity index (χ4n) is 3.32. The summed E-state index contributed by atoms with van der Waals surface area (Å²) in [4.78, 5) is 12.5. The molecule has 1 aromatic carbocycles. The molecule has 8 nitrogen and oxygen atoms in total. The lowest BCUT2D eigenvalue weighted by Gasteiger charge is -2.12. The highest BCUT2D eigenvalue weighted by atomic mass is 32.2. The van der Waals surface area contributed by atoms with E-state index in [0.29, 0.717) is 23.5 Å². The normalized spacial score (nSPS) is 11.0. The molecular formula is C21H28N6O2S. The SMILES string of the molecule is CCOc1nn(CC)cc1-c1nnc(SCC(=O)Nc2c(C)cc(C)cc2C)n1C. The van der Waals surface area contributed by atoms with Crippen LogP contribution in [0, 0.1) is 20.8 Å². The number of amides is 1. The molecule has 2 aromatic heterocycles. The molecule has 160 valence electrons. The smallest absolute Gasteiger partial charge is 0.243 e. The van der Waals surface area contributed by atoms with Crippen LogP contribution in [-0.4, -0.2) is 42.8 Å². The van der Waals surface area contributed by atoms with Crippen molar-refractivity contribution in [1.82, 2.24) is 24.5 Å². The fraction of sp³-hybridized carbons (Fsp3) is 0.429. The van der Waals surface area contributed by atoms with Crippen molar-refractivity contribution in [2.45, 2.75) is 46.3 Å². The molecular weight excluding hydrogens is 400 g/mol. The molecule has 0 aliphatic carbocycles. The van der Waals surface area contributed by atoms with Crippen LogP contribution in [0.1, 0.15) is 30.5 Å². The van der Waals surface area contributed by atoms with Gasteiger partial charge in [-0.3, -0.25) is 9.48 Å². The maximum Gasteiger partial charge on any atom is 0.243 e. The number of ether oxygens (including phenoxy) is 1. The number of nitrogens with zero attached hydrogens (tertiary/aromatic N) is 5. The van der Waals surface area contributed by atoms with Gasteiger partial charge < -0.3 is 14.6 Å². The molecule has 3 aromatic rings. The Labute approximate surface area is 181 Å². The van der Waals surface area contributed by atoms with Crippen LogP contribution in [0.2, 0.25) is 0 Å². The van der Waals surface area contributed by atoms with E-state index in [4.69, 9.17) is 4.74 Å². The van der Waals surface area contributed by atoms with Crippen molar-refractivity contribution in [3.05, 3.63) is 35.0 Å². The monoisotopic (exact) mass is 428 g/mol. The van der Waals surface area contributed by atoms with Crippen molar-refractivity contribution < 1.29 is 9.53 Å². The third-order valence-corrected chi connectivity index (χ3v) is 5.70. The van der Waals surface area contributed by atoms with Gasteiger partial charge in [-0.05, 0) is 45.7 Å². The number of carbonyl (C=O) groups excluding carboxylic acids is 1. The van der Waals surface area contributed by atoms with Crippen molar-refractivity contribution in [3.63, 3.8) is 0 Å². The number of nitrogens with one attached hydrogen (secondary N) is 1. The molecule has 0 aliphatic rings. The quantitative estimate of drug-likeness (QED) is 0.550. The number of carbonyl (C=O) groups is 1. The number of rotatable bonds is 8. The highest BCUT2D eigenvalue weighted by molar-refractivity contribution is 7.99. The lowest BCUT2D eigenvalue weighted by molar-refractivity contribution is -0.113. The Bertz CT molecular complexity index is 1030. The van der Waals surface area contributed by atoms with E-state index in [1.807, 2.05) is 57.1 Å². The van der Waals surface area contributed by atoms with Gasteiger partial charge >= 0.3 is 0 Å². The molecule has 0 atom stereocenters. The molecule has 0 spiro atoms. The average Bonchev–Trinajstić information content (AvgIpc) is 3.26. The van der Waals surface area contributed by atoms with Crippen LogP contribution >= 0.6 is 11.8 Å². The molecule has 2 heterocycles. The van der Waals surface area contributed by atoms with Crippen molar-refractivity contribution in [2.24, 2.45) is 7.05 Å². The minimum Gasteiger partial charge on any atom is -0.476 e. The third-order valence-electron chi connectivity index (χ3n) is 4.68. The number of anilines is 1. The maximum absolute atomic E-state index is 12.5. The van der Waals surface area contributed by atoms with Crippen LogP contribution in [-0.2, 0) is 18.4 Å². The highest BCUT2D eigenvalue weighted by Gasteiger charge is 2.20. The Morgan fingerprint density at radius 3 is 2.50 bits per heavy atom. The molecule has 0 saturated heterocycles. The van der Waals surface area contributed by atoms with Crippen LogP contribution in [0.5, 0.6) is 5.88 Å². The van der Waals surface area contributed by atoms with E-state index in [9.17, 15) is 4.79 Å². The molecule has 0 saturated carbocycles. The van der Waals surface area contributed by atoms with Gasteiger partial charge in [0, 0.05) is 25.5 Å². The zero-order chi connectivity index (χ0) is 21.8. The molecule has 0 bridgehead atoms. The molecule has 3 rings (SSSR count). The van der Waals surface area contributed by atoms with Crippen molar-refractivity contribution in [1.29, 1.82) is 0 Å². The van der Waals surface area contributed by atoms with E-state index in [1.165, 1.54) is 17.3 Å². The van der Waals surface area contributed by atoms with Crippen molar-refractivity contribution in [2.75, 3.05) is 17.7 Å². The first-order valence-electron chi connectivity index (χ1n) is 9.94. The zero-order valence-electron chi connectivity index (χ0n) is 18.3. The summed E-state index contributed by atoms with van der Waals surface area (Å²) in [5.41, 5.74) is 4.96. The summed E-state index contributed by atoms with van der Waals surface area (Å²) in [6, 6.07) is 4.13. The zero-order valence-corrected chi connectivity index (χ0v) is 19.1.